The Morgan fingerprint density at radius 3 is 2.32 bits per heavy atom. The molecule has 0 fully saturated rings. The monoisotopic (exact) mass is 345 g/mol. The zero-order valence-electron chi connectivity index (χ0n) is 14.2. The van der Waals surface area contributed by atoms with Gasteiger partial charge in [0.15, 0.2) is 0 Å². The van der Waals surface area contributed by atoms with Gasteiger partial charge in [0.25, 0.3) is 0 Å². The van der Waals surface area contributed by atoms with Gasteiger partial charge in [0.05, 0.1) is 5.39 Å². The second-order valence-corrected chi connectivity index (χ2v) is 7.28. The number of nitrogens with zero attached hydrogens (tertiary/aromatic N) is 2. The van der Waals surface area contributed by atoms with E-state index in [-0.39, 0.29) is 6.04 Å². The third-order valence-corrected chi connectivity index (χ3v) is 5.39. The average Bonchev–Trinajstić information content (AvgIpc) is 3.00. The Labute approximate surface area is 151 Å². The van der Waals surface area contributed by atoms with Crippen molar-refractivity contribution >= 4 is 27.4 Å². The molecular formula is C21H19N3S. The van der Waals surface area contributed by atoms with Crippen molar-refractivity contribution in [2.24, 2.45) is 0 Å². The molecule has 0 saturated heterocycles. The molecule has 0 saturated carbocycles. The van der Waals surface area contributed by atoms with Crippen molar-refractivity contribution < 1.29 is 0 Å². The van der Waals surface area contributed by atoms with E-state index in [4.69, 9.17) is 0 Å². The van der Waals surface area contributed by atoms with E-state index in [2.05, 4.69) is 77.7 Å². The van der Waals surface area contributed by atoms with Gasteiger partial charge < -0.3 is 5.32 Å². The summed E-state index contributed by atoms with van der Waals surface area (Å²) in [5, 5.41) is 4.69. The van der Waals surface area contributed by atoms with Gasteiger partial charge in [-0.15, -0.1) is 11.3 Å². The van der Waals surface area contributed by atoms with Gasteiger partial charge in [-0.1, -0.05) is 60.7 Å². The minimum absolute atomic E-state index is 0.170. The Morgan fingerprint density at radius 1 is 0.920 bits per heavy atom. The van der Waals surface area contributed by atoms with Crippen LogP contribution in [0.3, 0.4) is 0 Å². The summed E-state index contributed by atoms with van der Waals surface area (Å²) in [4.78, 5) is 11.3. The highest BCUT2D eigenvalue weighted by Crippen LogP contribution is 2.40. The average molecular weight is 345 g/mol. The van der Waals surface area contributed by atoms with Gasteiger partial charge in [-0.3, -0.25) is 0 Å². The van der Waals surface area contributed by atoms with E-state index in [1.807, 2.05) is 12.1 Å². The molecule has 0 aliphatic rings. The largest absolute Gasteiger partial charge is 0.363 e. The number of thiophene rings is 1. The summed E-state index contributed by atoms with van der Waals surface area (Å²) in [6.07, 6.45) is 1.65. The molecule has 1 atom stereocenters. The highest BCUT2D eigenvalue weighted by Gasteiger charge is 2.17. The van der Waals surface area contributed by atoms with Crippen LogP contribution in [0.1, 0.15) is 23.4 Å². The lowest BCUT2D eigenvalue weighted by Crippen LogP contribution is -2.08. The third kappa shape index (κ3) is 3.01. The molecule has 4 aromatic rings. The van der Waals surface area contributed by atoms with E-state index in [1.54, 1.807) is 17.7 Å². The fraction of sp³-hybridized carbons (Fsp3) is 0.143. The SMILES string of the molecule is Cc1sc2ncnc(NC(C)c3ccccc3)c2c1-c1ccccc1. The summed E-state index contributed by atoms with van der Waals surface area (Å²) in [7, 11) is 0. The van der Waals surface area contributed by atoms with Crippen LogP contribution in [-0.4, -0.2) is 9.97 Å². The predicted octanol–water partition coefficient (Wildman–Crippen LogP) is 5.84. The van der Waals surface area contributed by atoms with E-state index >= 15 is 0 Å². The summed E-state index contributed by atoms with van der Waals surface area (Å²) in [6.45, 7) is 4.31. The van der Waals surface area contributed by atoms with Crippen LogP contribution in [0.2, 0.25) is 0 Å². The number of anilines is 1. The van der Waals surface area contributed by atoms with Gasteiger partial charge in [0, 0.05) is 16.5 Å². The predicted molar refractivity (Wildman–Crippen MR) is 106 cm³/mol. The Kier molecular flexibility index (Phi) is 4.20. The van der Waals surface area contributed by atoms with Gasteiger partial charge >= 0.3 is 0 Å². The highest BCUT2D eigenvalue weighted by atomic mass is 32.1. The van der Waals surface area contributed by atoms with Crippen molar-refractivity contribution in [3.63, 3.8) is 0 Å². The zero-order valence-corrected chi connectivity index (χ0v) is 15.0. The maximum absolute atomic E-state index is 4.56. The lowest BCUT2D eigenvalue weighted by Gasteiger charge is -2.16. The molecule has 4 rings (SSSR count). The van der Waals surface area contributed by atoms with Crippen molar-refractivity contribution in [1.29, 1.82) is 0 Å². The first-order valence-electron chi connectivity index (χ1n) is 8.35. The van der Waals surface area contributed by atoms with Crippen molar-refractivity contribution in [2.45, 2.75) is 19.9 Å². The van der Waals surface area contributed by atoms with E-state index in [9.17, 15) is 0 Å². The number of aromatic nitrogens is 2. The summed E-state index contributed by atoms with van der Waals surface area (Å²) in [5.41, 5.74) is 3.67. The lowest BCUT2D eigenvalue weighted by atomic mass is 10.0. The molecule has 0 bridgehead atoms. The molecule has 0 radical (unpaired) electrons. The molecule has 0 aliphatic carbocycles. The second-order valence-electron chi connectivity index (χ2n) is 6.08. The molecule has 0 spiro atoms. The molecule has 4 heteroatoms. The third-order valence-electron chi connectivity index (χ3n) is 4.38. The van der Waals surface area contributed by atoms with E-state index < -0.39 is 0 Å². The van der Waals surface area contributed by atoms with Crippen molar-refractivity contribution in [2.75, 3.05) is 5.32 Å². The Bertz CT molecular complexity index is 994. The van der Waals surface area contributed by atoms with Gasteiger partial charge in [0.1, 0.15) is 17.0 Å². The van der Waals surface area contributed by atoms with Crippen LogP contribution in [0.4, 0.5) is 5.82 Å². The zero-order chi connectivity index (χ0) is 17.2. The first-order valence-corrected chi connectivity index (χ1v) is 9.16. The molecule has 0 amide bonds. The Hall–Kier alpha value is -2.72. The first kappa shape index (κ1) is 15.8. The normalized spacial score (nSPS) is 12.2. The van der Waals surface area contributed by atoms with Gasteiger partial charge in [-0.25, -0.2) is 9.97 Å². The first-order chi connectivity index (χ1) is 12.2. The Morgan fingerprint density at radius 2 is 1.60 bits per heavy atom. The number of rotatable bonds is 4. The van der Waals surface area contributed by atoms with Crippen LogP contribution in [0.5, 0.6) is 0 Å². The highest BCUT2D eigenvalue weighted by molar-refractivity contribution is 7.19. The fourth-order valence-corrected chi connectivity index (χ4v) is 4.15. The summed E-state index contributed by atoms with van der Waals surface area (Å²) < 4.78 is 0. The lowest BCUT2D eigenvalue weighted by molar-refractivity contribution is 0.876. The van der Waals surface area contributed by atoms with Gasteiger partial charge in [-0.2, -0.15) is 0 Å². The van der Waals surface area contributed by atoms with Crippen LogP contribution in [0.25, 0.3) is 21.3 Å². The standard InChI is InChI=1S/C21H19N3S/c1-14(16-9-5-3-6-10-16)24-20-19-18(17-11-7-4-8-12-17)15(2)25-21(19)23-13-22-20/h3-14H,1-2H3,(H,22,23,24). The molecule has 0 aliphatic heterocycles. The molecule has 25 heavy (non-hydrogen) atoms. The molecule has 3 nitrogen and oxygen atoms in total. The second kappa shape index (κ2) is 6.65. The fourth-order valence-electron chi connectivity index (χ4n) is 3.14. The quantitative estimate of drug-likeness (QED) is 0.505. The molecule has 2 aromatic heterocycles. The maximum Gasteiger partial charge on any atom is 0.139 e. The number of aryl methyl sites for hydroxylation is 1. The number of benzene rings is 2. The minimum atomic E-state index is 0.170. The number of fused-ring (bicyclic) bond motifs is 1. The summed E-state index contributed by atoms with van der Waals surface area (Å²) in [6, 6.07) is 21.1. The van der Waals surface area contributed by atoms with E-state index in [0.717, 1.165) is 16.0 Å². The van der Waals surface area contributed by atoms with Gasteiger partial charge in [-0.05, 0) is 25.0 Å². The van der Waals surface area contributed by atoms with Crippen LogP contribution in [0.15, 0.2) is 67.0 Å². The number of hydrogen-bond donors (Lipinski definition) is 1. The van der Waals surface area contributed by atoms with Crippen molar-refractivity contribution in [1.82, 2.24) is 9.97 Å². The van der Waals surface area contributed by atoms with Crippen molar-refractivity contribution in [3.8, 4) is 11.1 Å². The molecular weight excluding hydrogens is 326 g/mol. The van der Waals surface area contributed by atoms with Crippen molar-refractivity contribution in [3.05, 3.63) is 77.4 Å². The van der Waals surface area contributed by atoms with E-state index in [0.29, 0.717) is 0 Å². The van der Waals surface area contributed by atoms with Crippen LogP contribution >= 0.6 is 11.3 Å². The molecule has 124 valence electrons. The molecule has 2 heterocycles. The molecule has 1 N–H and O–H groups in total. The molecule has 2 aromatic carbocycles. The summed E-state index contributed by atoms with van der Waals surface area (Å²) >= 11 is 1.72. The van der Waals surface area contributed by atoms with Crippen LogP contribution in [0, 0.1) is 6.92 Å². The number of hydrogen-bond acceptors (Lipinski definition) is 4. The Balaban J connectivity index is 1.82. The van der Waals surface area contributed by atoms with Crippen LogP contribution < -0.4 is 5.32 Å². The van der Waals surface area contributed by atoms with Gasteiger partial charge in [0.2, 0.25) is 0 Å². The summed E-state index contributed by atoms with van der Waals surface area (Å²) in [5.74, 6) is 0.893. The maximum atomic E-state index is 4.56. The number of nitrogens with one attached hydrogen (secondary N) is 1. The van der Waals surface area contributed by atoms with E-state index in [1.165, 1.54) is 21.6 Å². The van der Waals surface area contributed by atoms with Crippen LogP contribution in [-0.2, 0) is 0 Å². The molecule has 1 unspecified atom stereocenters. The smallest absolute Gasteiger partial charge is 0.139 e. The topological polar surface area (TPSA) is 37.8 Å². The minimum Gasteiger partial charge on any atom is -0.363 e.